The second kappa shape index (κ2) is 7.34. The van der Waals surface area contributed by atoms with Crippen LogP contribution in [-0.2, 0) is 0 Å². The lowest BCUT2D eigenvalue weighted by Crippen LogP contribution is -2.27. The van der Waals surface area contributed by atoms with Gasteiger partial charge in [-0.1, -0.05) is 38.5 Å². The van der Waals surface area contributed by atoms with Crippen LogP contribution in [0.1, 0.15) is 51.4 Å². The minimum absolute atomic E-state index is 0. The zero-order valence-corrected chi connectivity index (χ0v) is 9.39. The second-order valence-corrected chi connectivity index (χ2v) is 4.32. The Hall–Kier alpha value is -0.0800. The van der Waals surface area contributed by atoms with Gasteiger partial charge < -0.3 is 11.1 Å². The monoisotopic (exact) mass is 186 g/mol. The van der Waals surface area contributed by atoms with Crippen LogP contribution in [0, 0.1) is 0 Å². The van der Waals surface area contributed by atoms with Gasteiger partial charge in [0.05, 0.1) is 0 Å². The first-order valence-corrected chi connectivity index (χ1v) is 5.47. The molecule has 2 nitrogen and oxygen atoms in total. The first-order valence-electron chi connectivity index (χ1n) is 5.47. The van der Waals surface area contributed by atoms with Crippen LogP contribution in [0.3, 0.4) is 0 Å². The molecule has 13 heavy (non-hydrogen) atoms. The summed E-state index contributed by atoms with van der Waals surface area (Å²) >= 11 is 0. The van der Waals surface area contributed by atoms with Crippen molar-refractivity contribution in [2.45, 2.75) is 57.4 Å². The fraction of sp³-hybridized carbons (Fsp3) is 1.00. The summed E-state index contributed by atoms with van der Waals surface area (Å²) in [5.74, 6) is 0. The molecule has 1 rings (SSSR count). The van der Waals surface area contributed by atoms with Crippen LogP contribution in [-0.4, -0.2) is 25.0 Å². The van der Waals surface area contributed by atoms with Crippen LogP contribution in [0.5, 0.6) is 0 Å². The molecule has 0 amide bonds. The van der Waals surface area contributed by atoms with Crippen molar-refractivity contribution in [2.24, 2.45) is 0 Å². The second-order valence-electron chi connectivity index (χ2n) is 4.32. The Morgan fingerprint density at radius 3 is 1.54 bits per heavy atom. The molecule has 1 saturated carbocycles. The maximum Gasteiger partial charge on any atom is 0.00891 e. The highest BCUT2D eigenvalue weighted by Crippen LogP contribution is 2.19. The van der Waals surface area contributed by atoms with Crippen molar-refractivity contribution in [3.05, 3.63) is 0 Å². The quantitative estimate of drug-likeness (QED) is 0.683. The fourth-order valence-electron chi connectivity index (χ4n) is 2.13. The Labute approximate surface area is 83.3 Å². The summed E-state index contributed by atoms with van der Waals surface area (Å²) in [5, 5.41) is 0. The maximum atomic E-state index is 2.41. The van der Waals surface area contributed by atoms with Crippen LogP contribution < -0.4 is 6.15 Å². The number of hydrogen-bond acceptors (Lipinski definition) is 2. The molecule has 3 N–H and O–H groups in total. The van der Waals surface area contributed by atoms with E-state index in [1.54, 1.807) is 0 Å². The third-order valence-electron chi connectivity index (χ3n) is 3.05. The summed E-state index contributed by atoms with van der Waals surface area (Å²) in [6.07, 6.45) is 11.6. The molecule has 0 saturated heterocycles. The van der Waals surface area contributed by atoms with Gasteiger partial charge in [0, 0.05) is 6.04 Å². The highest BCUT2D eigenvalue weighted by molar-refractivity contribution is 4.68. The van der Waals surface area contributed by atoms with Gasteiger partial charge in [-0.3, -0.25) is 0 Å². The van der Waals surface area contributed by atoms with Crippen LogP contribution in [0.2, 0.25) is 0 Å². The average molecular weight is 186 g/mol. The first-order chi connectivity index (χ1) is 5.80. The van der Waals surface area contributed by atoms with Gasteiger partial charge in [0.1, 0.15) is 0 Å². The van der Waals surface area contributed by atoms with Gasteiger partial charge in [-0.15, -0.1) is 0 Å². The minimum Gasteiger partial charge on any atom is -0.344 e. The normalized spacial score (nSPS) is 21.5. The topological polar surface area (TPSA) is 38.2 Å². The van der Waals surface area contributed by atoms with E-state index in [2.05, 4.69) is 19.0 Å². The lowest BCUT2D eigenvalue weighted by molar-refractivity contribution is 0.257. The molecule has 1 aliphatic carbocycles. The van der Waals surface area contributed by atoms with E-state index in [9.17, 15) is 0 Å². The van der Waals surface area contributed by atoms with Crippen molar-refractivity contribution in [1.29, 1.82) is 0 Å². The van der Waals surface area contributed by atoms with Crippen LogP contribution in [0.25, 0.3) is 0 Å². The fourth-order valence-corrected chi connectivity index (χ4v) is 2.13. The third kappa shape index (κ3) is 5.27. The molecule has 1 aliphatic rings. The molecule has 0 unspecified atom stereocenters. The summed E-state index contributed by atoms with van der Waals surface area (Å²) in [6, 6.07) is 0.864. The van der Waals surface area contributed by atoms with Crippen molar-refractivity contribution in [1.82, 2.24) is 11.1 Å². The molecule has 2 heteroatoms. The van der Waals surface area contributed by atoms with Crippen molar-refractivity contribution in [3.8, 4) is 0 Å². The van der Waals surface area contributed by atoms with E-state index in [4.69, 9.17) is 0 Å². The summed E-state index contributed by atoms with van der Waals surface area (Å²) in [6.45, 7) is 0. The number of rotatable bonds is 1. The van der Waals surface area contributed by atoms with Crippen LogP contribution >= 0.6 is 0 Å². The molecule has 0 aromatic carbocycles. The van der Waals surface area contributed by atoms with E-state index in [1.165, 1.54) is 51.4 Å². The highest BCUT2D eigenvalue weighted by atomic mass is 15.1. The largest absolute Gasteiger partial charge is 0.344 e. The van der Waals surface area contributed by atoms with Gasteiger partial charge in [0.15, 0.2) is 0 Å². The van der Waals surface area contributed by atoms with E-state index in [1.807, 2.05) is 0 Å². The molecule has 0 spiro atoms. The zero-order chi connectivity index (χ0) is 8.81. The molecule has 0 aromatic heterocycles. The van der Waals surface area contributed by atoms with Crippen molar-refractivity contribution in [2.75, 3.05) is 14.1 Å². The van der Waals surface area contributed by atoms with Gasteiger partial charge >= 0.3 is 0 Å². The first kappa shape index (κ1) is 12.9. The standard InChI is InChI=1S/C11H23N.H3N/c1-12(2)11-9-7-5-3-4-6-8-10-11;/h11H,3-10H2,1-2H3;1H3. The Bertz CT molecular complexity index is 103. The Kier molecular flexibility index (Phi) is 7.29. The van der Waals surface area contributed by atoms with Gasteiger partial charge in [-0.05, 0) is 26.9 Å². The van der Waals surface area contributed by atoms with Gasteiger partial charge in [0.25, 0.3) is 0 Å². The van der Waals surface area contributed by atoms with Crippen LogP contribution in [0.15, 0.2) is 0 Å². The SMILES string of the molecule is CN(C)C1CCCCCCCC1.N. The maximum absolute atomic E-state index is 2.41. The molecule has 0 atom stereocenters. The molecule has 80 valence electrons. The summed E-state index contributed by atoms with van der Waals surface area (Å²) in [5.41, 5.74) is 0. The number of nitrogens with zero attached hydrogens (tertiary/aromatic N) is 1. The predicted octanol–water partition coefficient (Wildman–Crippen LogP) is 3.21. The molecule has 1 fully saturated rings. The molecule has 0 aromatic rings. The molecule has 0 radical (unpaired) electrons. The van der Waals surface area contributed by atoms with Crippen molar-refractivity contribution < 1.29 is 0 Å². The zero-order valence-electron chi connectivity index (χ0n) is 9.39. The van der Waals surface area contributed by atoms with E-state index in [0.717, 1.165) is 6.04 Å². The van der Waals surface area contributed by atoms with Gasteiger partial charge in [0.2, 0.25) is 0 Å². The summed E-state index contributed by atoms with van der Waals surface area (Å²) in [4.78, 5) is 2.41. The Balaban J connectivity index is 0.00000144. The molecular weight excluding hydrogens is 160 g/mol. The Morgan fingerprint density at radius 2 is 1.15 bits per heavy atom. The van der Waals surface area contributed by atoms with Crippen LogP contribution in [0.4, 0.5) is 0 Å². The van der Waals surface area contributed by atoms with E-state index < -0.39 is 0 Å². The molecular formula is C11H26N2. The average Bonchev–Trinajstić information content (AvgIpc) is 2.15. The van der Waals surface area contributed by atoms with E-state index >= 15 is 0 Å². The van der Waals surface area contributed by atoms with E-state index in [-0.39, 0.29) is 6.15 Å². The van der Waals surface area contributed by atoms with Gasteiger partial charge in [-0.2, -0.15) is 0 Å². The van der Waals surface area contributed by atoms with Crippen molar-refractivity contribution >= 4 is 0 Å². The summed E-state index contributed by atoms with van der Waals surface area (Å²) < 4.78 is 0. The smallest absolute Gasteiger partial charge is 0.00891 e. The van der Waals surface area contributed by atoms with Gasteiger partial charge in [-0.25, -0.2) is 0 Å². The summed E-state index contributed by atoms with van der Waals surface area (Å²) in [7, 11) is 4.45. The lowest BCUT2D eigenvalue weighted by atomic mass is 10.0. The Morgan fingerprint density at radius 1 is 0.769 bits per heavy atom. The van der Waals surface area contributed by atoms with Crippen molar-refractivity contribution in [3.63, 3.8) is 0 Å². The predicted molar refractivity (Wildman–Crippen MR) is 59.4 cm³/mol. The lowest BCUT2D eigenvalue weighted by Gasteiger charge is -2.23. The third-order valence-corrected chi connectivity index (χ3v) is 3.05. The minimum atomic E-state index is 0. The molecule has 0 bridgehead atoms. The van der Waals surface area contributed by atoms with E-state index in [0.29, 0.717) is 0 Å². The molecule has 0 aliphatic heterocycles. The molecule has 0 heterocycles. The number of hydrogen-bond donors (Lipinski definition) is 1. The highest BCUT2D eigenvalue weighted by Gasteiger charge is 2.11.